The molecule has 3 radical (unpaired) electrons. The van der Waals surface area contributed by atoms with Crippen LogP contribution < -0.4 is 0 Å². The third-order valence-electron chi connectivity index (χ3n) is 0. The van der Waals surface area contributed by atoms with Gasteiger partial charge in [0.15, 0.2) is 0 Å². The van der Waals surface area contributed by atoms with Gasteiger partial charge in [-0.3, -0.25) is 0 Å². The number of hydrogen-bond acceptors (Lipinski definition) is 5. The first kappa shape index (κ1) is 354. The van der Waals surface area contributed by atoms with Crippen LogP contribution in [0.1, 0.15) is 0 Å². The molecule has 0 spiro atoms. The smallest absolute Gasteiger partial charge is 0.870 e. The molecule has 0 saturated carbocycles. The molecule has 0 aliphatic rings. The van der Waals surface area contributed by atoms with Crippen LogP contribution in [0.3, 0.4) is 0 Å². The summed E-state index contributed by atoms with van der Waals surface area (Å²) < 4.78 is 0. The summed E-state index contributed by atoms with van der Waals surface area (Å²) in [5.74, 6) is 0. The van der Waals surface area contributed by atoms with Crippen LogP contribution in [0.4, 0.5) is 0 Å². The van der Waals surface area contributed by atoms with Crippen molar-refractivity contribution >= 4 is 17.1 Å². The molecule has 0 unspecified atom stereocenters. The van der Waals surface area contributed by atoms with Crippen LogP contribution in [0.5, 0.6) is 0 Å². The minimum absolute atomic E-state index is 0. The minimum Gasteiger partial charge on any atom is -0.870 e. The molecule has 0 bridgehead atoms. The van der Waals surface area contributed by atoms with E-state index in [9.17, 15) is 0 Å². The Morgan fingerprint density at radius 1 is 0.500 bits per heavy atom. The van der Waals surface area contributed by atoms with Gasteiger partial charge < -0.3 is 27.4 Å². The fourth-order valence-electron chi connectivity index (χ4n) is 0. The first-order chi connectivity index (χ1) is 0. The average molecular weight is 276 g/mol. The second-order valence-corrected chi connectivity index (χ2v) is 0. The quantitative estimate of drug-likeness (QED) is 0.505. The summed E-state index contributed by atoms with van der Waals surface area (Å²) in [6.07, 6.45) is 0. The van der Waals surface area contributed by atoms with Crippen molar-refractivity contribution in [2.45, 2.75) is 0 Å². The van der Waals surface area contributed by atoms with Crippen molar-refractivity contribution in [2.75, 3.05) is 0 Å². The van der Waals surface area contributed by atoms with E-state index in [1.807, 2.05) is 0 Å². The largest absolute Gasteiger partial charge is 3.00 e. The molecule has 0 rings (SSSR count). The zero-order chi connectivity index (χ0) is 0. The molecule has 0 saturated heterocycles. The molecule has 57 valence electrons. The molecular weight excluding hydrogens is 271 g/mol. The monoisotopic (exact) mass is 277 g/mol. The van der Waals surface area contributed by atoms with Gasteiger partial charge in [-0.15, -0.1) is 0 Å². The van der Waals surface area contributed by atoms with Crippen LogP contribution in [-0.2, 0) is 34.1 Å². The van der Waals surface area contributed by atoms with Gasteiger partial charge in [0.2, 0.25) is 0 Å². The van der Waals surface area contributed by atoms with E-state index in [0.29, 0.717) is 0 Å². The topological polar surface area (TPSA) is 150 Å². The van der Waals surface area contributed by atoms with Gasteiger partial charge >= 0.3 is 34.1 Å². The van der Waals surface area contributed by atoms with E-state index in [1.165, 1.54) is 0 Å². The summed E-state index contributed by atoms with van der Waals surface area (Å²) in [7, 11) is 0. The third-order valence-corrected chi connectivity index (χ3v) is 0. The molecule has 8 heavy (non-hydrogen) atoms. The Hall–Kier alpha value is 1.36. The van der Waals surface area contributed by atoms with Crippen molar-refractivity contribution in [1.29, 1.82) is 0 Å². The van der Waals surface area contributed by atoms with E-state index in [0.717, 1.165) is 0 Å². The predicted octanol–water partition coefficient (Wildman–Crippen LogP) is -1.27. The molecule has 0 fully saturated rings. The Morgan fingerprint density at radius 3 is 0.500 bits per heavy atom. The van der Waals surface area contributed by atoms with Gasteiger partial charge in [0, 0.05) is 17.1 Å². The van der Waals surface area contributed by atoms with Crippen molar-refractivity contribution in [3.05, 3.63) is 0 Å². The van der Waals surface area contributed by atoms with Gasteiger partial charge in [-0.05, 0) is 0 Å². The molecule has 8 heteroatoms. The van der Waals surface area contributed by atoms with Crippen LogP contribution in [0.2, 0.25) is 0 Å². The fourth-order valence-corrected chi connectivity index (χ4v) is 0. The molecule has 5 nitrogen and oxygen atoms in total. The van der Waals surface area contributed by atoms with Crippen molar-refractivity contribution in [2.24, 2.45) is 0 Å². The van der Waals surface area contributed by atoms with Gasteiger partial charge in [0.1, 0.15) is 0 Å². The molecule has 0 aromatic heterocycles. The Morgan fingerprint density at radius 2 is 0.500 bits per heavy atom. The zero-order valence-electron chi connectivity index (χ0n) is 3.35. The average Bonchev–Trinajstić information content (AvgIpc) is 0. The SMILES string of the molecule is [Fe+2].[Fe+3].[OH-].[OH-].[OH-].[OH-].[OH-].[Se]. The van der Waals surface area contributed by atoms with Crippen LogP contribution in [0, 0.1) is 0 Å². The normalized spacial score (nSPS) is 0. The van der Waals surface area contributed by atoms with E-state index >= 15 is 0 Å². The van der Waals surface area contributed by atoms with Gasteiger partial charge in [-0.1, -0.05) is 0 Å². The van der Waals surface area contributed by atoms with Gasteiger partial charge in [-0.2, -0.15) is 0 Å². The first-order valence-electron chi connectivity index (χ1n) is 0. The number of rotatable bonds is 0. The molecule has 5 N–H and O–H groups in total. The summed E-state index contributed by atoms with van der Waals surface area (Å²) in [4.78, 5) is 0. The molecule has 0 aromatic rings. The van der Waals surface area contributed by atoms with Crippen LogP contribution in [0.15, 0.2) is 0 Å². The summed E-state index contributed by atoms with van der Waals surface area (Å²) in [6, 6.07) is 0. The minimum atomic E-state index is 0. The van der Waals surface area contributed by atoms with Gasteiger partial charge in [0.05, 0.1) is 0 Å². The predicted molar refractivity (Wildman–Crippen MR) is 15.4 cm³/mol. The summed E-state index contributed by atoms with van der Waals surface area (Å²) in [6.45, 7) is 0. The molecule has 0 atom stereocenters. The first-order valence-corrected chi connectivity index (χ1v) is 0. The van der Waals surface area contributed by atoms with E-state index in [2.05, 4.69) is 0 Å². The maximum atomic E-state index is 0. The summed E-state index contributed by atoms with van der Waals surface area (Å²) in [5, 5.41) is 0. The molecule has 0 aliphatic carbocycles. The summed E-state index contributed by atoms with van der Waals surface area (Å²) >= 11 is 0. The molecule has 0 aliphatic heterocycles. The standard InChI is InChI=1S/2Fe.5H2O.Se/h;;5*1H2;/q+2;+3;;;;;;/p-5. The molecular formula is H5Fe2O5Se. The number of hydrogen-bond donors (Lipinski definition) is 0. The maximum absolute atomic E-state index is 0. The van der Waals surface area contributed by atoms with Gasteiger partial charge in [-0.25, -0.2) is 0 Å². The molecule has 0 aromatic carbocycles. The van der Waals surface area contributed by atoms with Crippen LogP contribution in [0.25, 0.3) is 0 Å². The van der Waals surface area contributed by atoms with Crippen LogP contribution in [-0.4, -0.2) is 44.4 Å². The van der Waals surface area contributed by atoms with E-state index in [4.69, 9.17) is 0 Å². The Balaban J connectivity index is 0. The van der Waals surface area contributed by atoms with Crippen molar-refractivity contribution in [1.82, 2.24) is 0 Å². The Bertz CT molecular complexity index is 10.4. The van der Waals surface area contributed by atoms with Gasteiger partial charge in [0.25, 0.3) is 0 Å². The van der Waals surface area contributed by atoms with E-state index < -0.39 is 0 Å². The Kier molecular flexibility index (Phi) is 10900. The third kappa shape index (κ3) is 161. The molecule has 0 heterocycles. The second kappa shape index (κ2) is 245. The zero-order valence-corrected chi connectivity index (χ0v) is 7.27. The second-order valence-electron chi connectivity index (χ2n) is 0. The van der Waals surface area contributed by atoms with Crippen molar-refractivity contribution in [3.63, 3.8) is 0 Å². The van der Waals surface area contributed by atoms with E-state index in [1.54, 1.807) is 0 Å². The van der Waals surface area contributed by atoms with E-state index in [-0.39, 0.29) is 78.6 Å². The van der Waals surface area contributed by atoms with Crippen LogP contribution >= 0.6 is 0 Å². The molecule has 0 amide bonds. The Labute approximate surface area is 78.6 Å². The van der Waals surface area contributed by atoms with Crippen molar-refractivity contribution < 1.29 is 61.5 Å². The maximum Gasteiger partial charge on any atom is 3.00 e. The fraction of sp³-hybridized carbons (Fsp3) is 0. The summed E-state index contributed by atoms with van der Waals surface area (Å²) in [5.41, 5.74) is 0. The van der Waals surface area contributed by atoms with Crippen molar-refractivity contribution in [3.8, 4) is 0 Å².